The number of rotatable bonds is 6. The number of aromatic nitrogens is 2. The molecule has 0 aliphatic carbocycles. The van der Waals surface area contributed by atoms with Crippen molar-refractivity contribution in [2.75, 3.05) is 19.6 Å². The molecule has 0 aromatic carbocycles. The molecule has 0 radical (unpaired) electrons. The molecule has 2 rings (SSSR count). The van der Waals surface area contributed by atoms with Crippen molar-refractivity contribution in [1.29, 1.82) is 0 Å². The second-order valence-electron chi connectivity index (χ2n) is 5.14. The van der Waals surface area contributed by atoms with Gasteiger partial charge in [0.2, 0.25) is 5.91 Å². The monoisotopic (exact) mass is 264 g/mol. The van der Waals surface area contributed by atoms with E-state index in [1.165, 1.54) is 5.56 Å². The third kappa shape index (κ3) is 3.80. The van der Waals surface area contributed by atoms with Crippen molar-refractivity contribution in [2.24, 2.45) is 7.05 Å². The van der Waals surface area contributed by atoms with Crippen molar-refractivity contribution in [2.45, 2.75) is 39.2 Å². The van der Waals surface area contributed by atoms with E-state index in [4.69, 9.17) is 0 Å². The predicted molar refractivity (Wildman–Crippen MR) is 74.7 cm³/mol. The highest BCUT2D eigenvalue weighted by atomic mass is 16.2. The van der Waals surface area contributed by atoms with Crippen LogP contribution in [-0.4, -0.2) is 40.2 Å². The lowest BCUT2D eigenvalue weighted by Crippen LogP contribution is -2.30. The van der Waals surface area contributed by atoms with Gasteiger partial charge in [0, 0.05) is 51.4 Å². The second-order valence-corrected chi connectivity index (χ2v) is 5.14. The molecule has 0 bridgehead atoms. The summed E-state index contributed by atoms with van der Waals surface area (Å²) < 4.78 is 1.85. The Morgan fingerprint density at radius 3 is 2.84 bits per heavy atom. The van der Waals surface area contributed by atoms with Crippen LogP contribution in [0.5, 0.6) is 0 Å². The first-order chi connectivity index (χ1) is 9.20. The number of nitrogens with one attached hydrogen (secondary N) is 1. The summed E-state index contributed by atoms with van der Waals surface area (Å²) >= 11 is 0. The van der Waals surface area contributed by atoms with E-state index in [1.807, 2.05) is 22.8 Å². The Kier molecular flexibility index (Phi) is 4.96. The molecule has 1 aromatic heterocycles. The normalized spacial score (nSPS) is 15.2. The Bertz CT molecular complexity index is 421. The molecular weight excluding hydrogens is 240 g/mol. The molecule has 106 valence electrons. The average molecular weight is 264 g/mol. The van der Waals surface area contributed by atoms with Crippen LogP contribution in [0, 0.1) is 0 Å². The fourth-order valence-electron chi connectivity index (χ4n) is 2.57. The number of aryl methyl sites for hydroxylation is 2. The van der Waals surface area contributed by atoms with Crippen LogP contribution in [0.25, 0.3) is 0 Å². The molecule has 1 fully saturated rings. The zero-order valence-electron chi connectivity index (χ0n) is 12.0. The lowest BCUT2D eigenvalue weighted by atomic mass is 10.2. The lowest BCUT2D eigenvalue weighted by molar-refractivity contribution is -0.130. The van der Waals surface area contributed by atoms with Gasteiger partial charge in [0.25, 0.3) is 0 Å². The predicted octanol–water partition coefficient (Wildman–Crippen LogP) is 1.08. The Hall–Kier alpha value is -1.36. The number of carbonyl (C=O) groups excluding carboxylic acids is 1. The van der Waals surface area contributed by atoms with Crippen molar-refractivity contribution in [1.82, 2.24) is 20.0 Å². The fourth-order valence-corrected chi connectivity index (χ4v) is 2.57. The van der Waals surface area contributed by atoms with Crippen molar-refractivity contribution >= 4 is 5.91 Å². The third-order valence-electron chi connectivity index (χ3n) is 3.62. The maximum absolute atomic E-state index is 11.9. The van der Waals surface area contributed by atoms with Crippen LogP contribution >= 0.6 is 0 Å². The summed E-state index contributed by atoms with van der Waals surface area (Å²) in [6, 6.07) is 0. The van der Waals surface area contributed by atoms with Gasteiger partial charge in [0.1, 0.15) is 0 Å². The summed E-state index contributed by atoms with van der Waals surface area (Å²) in [6.45, 7) is 5.54. The highest BCUT2D eigenvalue weighted by Gasteiger charge is 2.16. The van der Waals surface area contributed by atoms with Crippen LogP contribution in [0.4, 0.5) is 0 Å². The van der Waals surface area contributed by atoms with E-state index in [2.05, 4.69) is 17.3 Å². The van der Waals surface area contributed by atoms with Gasteiger partial charge in [0.05, 0.1) is 5.69 Å². The number of nitrogens with zero attached hydrogens (tertiary/aromatic N) is 3. The van der Waals surface area contributed by atoms with Crippen LogP contribution in [-0.2, 0) is 24.8 Å². The van der Waals surface area contributed by atoms with Gasteiger partial charge in [-0.1, -0.05) is 6.92 Å². The first-order valence-electron chi connectivity index (χ1n) is 7.20. The van der Waals surface area contributed by atoms with Gasteiger partial charge in [-0.15, -0.1) is 0 Å². The van der Waals surface area contributed by atoms with Gasteiger partial charge < -0.3 is 10.2 Å². The van der Waals surface area contributed by atoms with Gasteiger partial charge in [0.15, 0.2) is 0 Å². The minimum atomic E-state index is 0.284. The van der Waals surface area contributed by atoms with Crippen LogP contribution in [0.3, 0.4) is 0 Å². The van der Waals surface area contributed by atoms with E-state index in [0.29, 0.717) is 6.42 Å². The lowest BCUT2D eigenvalue weighted by Gasteiger charge is -2.15. The molecule has 1 amide bonds. The van der Waals surface area contributed by atoms with Crippen LogP contribution in [0.15, 0.2) is 6.20 Å². The summed E-state index contributed by atoms with van der Waals surface area (Å²) in [5.41, 5.74) is 2.37. The summed E-state index contributed by atoms with van der Waals surface area (Å²) in [7, 11) is 1.94. The Morgan fingerprint density at radius 1 is 1.42 bits per heavy atom. The summed E-state index contributed by atoms with van der Waals surface area (Å²) in [5, 5.41) is 7.75. The molecule has 1 aliphatic heterocycles. The summed E-state index contributed by atoms with van der Waals surface area (Å²) in [6.07, 6.45) is 5.92. The molecule has 1 aliphatic rings. The highest BCUT2D eigenvalue weighted by molar-refractivity contribution is 5.76. The minimum Gasteiger partial charge on any atom is -0.343 e. The van der Waals surface area contributed by atoms with Crippen LogP contribution < -0.4 is 5.32 Å². The van der Waals surface area contributed by atoms with E-state index in [9.17, 15) is 4.79 Å². The van der Waals surface area contributed by atoms with Crippen LogP contribution in [0.1, 0.15) is 37.4 Å². The molecule has 0 spiro atoms. The molecular formula is C14H24N4O. The molecule has 0 atom stereocenters. The zero-order chi connectivity index (χ0) is 13.7. The summed E-state index contributed by atoms with van der Waals surface area (Å²) in [4.78, 5) is 13.8. The first-order valence-corrected chi connectivity index (χ1v) is 7.20. The van der Waals surface area contributed by atoms with Crippen molar-refractivity contribution in [3.63, 3.8) is 0 Å². The largest absolute Gasteiger partial charge is 0.343 e. The molecule has 0 saturated carbocycles. The molecule has 19 heavy (non-hydrogen) atoms. The van der Waals surface area contributed by atoms with E-state index >= 15 is 0 Å². The second kappa shape index (κ2) is 6.70. The third-order valence-corrected chi connectivity index (χ3v) is 3.62. The van der Waals surface area contributed by atoms with E-state index < -0.39 is 0 Å². The molecule has 1 aromatic rings. The van der Waals surface area contributed by atoms with Gasteiger partial charge in [-0.25, -0.2) is 0 Å². The van der Waals surface area contributed by atoms with Crippen molar-refractivity contribution < 1.29 is 4.79 Å². The van der Waals surface area contributed by atoms with E-state index in [-0.39, 0.29) is 5.91 Å². The molecule has 5 heteroatoms. The first kappa shape index (κ1) is 14.1. The van der Waals surface area contributed by atoms with Gasteiger partial charge in [-0.3, -0.25) is 9.48 Å². The minimum absolute atomic E-state index is 0.284. The molecule has 2 heterocycles. The maximum atomic E-state index is 11.9. The van der Waals surface area contributed by atoms with Gasteiger partial charge in [-0.2, -0.15) is 5.10 Å². The number of likely N-dealkylation sites (tertiary alicyclic amines) is 1. The smallest absolute Gasteiger partial charge is 0.223 e. The Balaban J connectivity index is 1.69. The average Bonchev–Trinajstić information content (AvgIpc) is 3.03. The van der Waals surface area contributed by atoms with Crippen molar-refractivity contribution in [3.05, 3.63) is 17.5 Å². The number of hydrogen-bond acceptors (Lipinski definition) is 3. The number of amides is 1. The maximum Gasteiger partial charge on any atom is 0.223 e. The number of hydrogen-bond donors (Lipinski definition) is 1. The summed E-state index contributed by atoms with van der Waals surface area (Å²) in [5.74, 6) is 0.284. The van der Waals surface area contributed by atoms with Gasteiger partial charge in [-0.05, 0) is 19.3 Å². The molecule has 1 N–H and O–H groups in total. The molecule has 0 unspecified atom stereocenters. The van der Waals surface area contributed by atoms with Crippen molar-refractivity contribution in [3.8, 4) is 0 Å². The quantitative estimate of drug-likeness (QED) is 0.782. The van der Waals surface area contributed by atoms with E-state index in [0.717, 1.165) is 51.1 Å². The zero-order valence-corrected chi connectivity index (χ0v) is 12.0. The standard InChI is InChI=1S/C14H24N4O/c1-3-13-12(11-17(2)16-13)10-15-7-6-14(19)18-8-4-5-9-18/h11,15H,3-10H2,1-2H3. The molecule has 1 saturated heterocycles. The Labute approximate surface area is 115 Å². The number of carbonyl (C=O) groups is 1. The SMILES string of the molecule is CCc1nn(C)cc1CNCCC(=O)N1CCCC1. The topological polar surface area (TPSA) is 50.2 Å². The van der Waals surface area contributed by atoms with Gasteiger partial charge >= 0.3 is 0 Å². The Morgan fingerprint density at radius 2 is 2.16 bits per heavy atom. The molecule has 5 nitrogen and oxygen atoms in total. The van der Waals surface area contributed by atoms with Crippen LogP contribution in [0.2, 0.25) is 0 Å². The fraction of sp³-hybridized carbons (Fsp3) is 0.714. The van der Waals surface area contributed by atoms with E-state index in [1.54, 1.807) is 0 Å². The highest BCUT2D eigenvalue weighted by Crippen LogP contribution is 2.09.